The molecule has 2 N–H and O–H groups in total. The molecule has 2 aromatic carbocycles. The Morgan fingerprint density at radius 2 is 1.67 bits per heavy atom. The second-order valence-electron chi connectivity index (χ2n) is 9.17. The fourth-order valence-electron chi connectivity index (χ4n) is 3.39. The Labute approximate surface area is 195 Å². The molecule has 174 valence electrons. The van der Waals surface area contributed by atoms with Gasteiger partial charge in [0.25, 0.3) is 0 Å². The fourth-order valence-corrected chi connectivity index (χ4v) is 3.39. The van der Waals surface area contributed by atoms with Crippen molar-refractivity contribution in [2.24, 2.45) is 7.05 Å². The average Bonchev–Trinajstić information content (AvgIpc) is 3.16. The molecule has 1 heterocycles. The normalized spacial score (nSPS) is 12.1. The van der Waals surface area contributed by atoms with Crippen LogP contribution in [0.4, 0.5) is 4.79 Å². The number of carbonyl (C=O) groups is 2. The van der Waals surface area contributed by atoms with Crippen molar-refractivity contribution in [3.8, 4) is 0 Å². The van der Waals surface area contributed by atoms with Gasteiger partial charge in [0.2, 0.25) is 12.2 Å². The van der Waals surface area contributed by atoms with Crippen LogP contribution < -0.4 is 15.2 Å². The molecule has 3 aromatic rings. The molecule has 1 atom stereocenters. The fraction of sp³-hybridized carbons (Fsp3) is 0.346. The summed E-state index contributed by atoms with van der Waals surface area (Å²) in [5, 5.41) is 5.66. The third-order valence-electron chi connectivity index (χ3n) is 4.97. The number of alkyl carbamates (subject to hydrolysis) is 1. The van der Waals surface area contributed by atoms with E-state index in [4.69, 9.17) is 4.74 Å². The summed E-state index contributed by atoms with van der Waals surface area (Å²) < 4.78 is 9.45. The smallest absolute Gasteiger partial charge is 0.408 e. The summed E-state index contributed by atoms with van der Waals surface area (Å²) in [6, 6.07) is 17.0. The number of aryl methyl sites for hydroxylation is 1. The van der Waals surface area contributed by atoms with E-state index < -0.39 is 17.7 Å². The first-order chi connectivity index (χ1) is 15.7. The number of carbonyl (C=O) groups excluding carboxylic acids is 2. The van der Waals surface area contributed by atoms with Gasteiger partial charge in [-0.25, -0.2) is 13.9 Å². The summed E-state index contributed by atoms with van der Waals surface area (Å²) >= 11 is 0. The third kappa shape index (κ3) is 8.11. The number of amides is 2. The number of hydrogen-bond donors (Lipinski definition) is 2. The zero-order chi connectivity index (χ0) is 23.8. The summed E-state index contributed by atoms with van der Waals surface area (Å²) in [4.78, 5) is 25.3. The van der Waals surface area contributed by atoms with Gasteiger partial charge in [-0.3, -0.25) is 4.79 Å². The van der Waals surface area contributed by atoms with E-state index in [1.807, 2.05) is 72.8 Å². The molecule has 7 heteroatoms. The molecular weight excluding hydrogens is 416 g/mol. The lowest BCUT2D eigenvalue weighted by atomic mass is 10.1. The van der Waals surface area contributed by atoms with Gasteiger partial charge < -0.3 is 15.4 Å². The summed E-state index contributed by atoms with van der Waals surface area (Å²) in [6.07, 6.45) is 5.82. The van der Waals surface area contributed by atoms with Crippen LogP contribution in [-0.4, -0.2) is 28.2 Å². The van der Waals surface area contributed by atoms with Crippen molar-refractivity contribution in [2.75, 3.05) is 0 Å². The Balaban J connectivity index is 1.60. The van der Waals surface area contributed by atoms with Gasteiger partial charge in [-0.1, -0.05) is 54.6 Å². The van der Waals surface area contributed by atoms with Crippen LogP contribution in [0.3, 0.4) is 0 Å². The maximum Gasteiger partial charge on any atom is 0.408 e. The quantitative estimate of drug-likeness (QED) is 0.519. The number of benzene rings is 2. The summed E-state index contributed by atoms with van der Waals surface area (Å²) in [5.74, 6) is -0.256. The van der Waals surface area contributed by atoms with Gasteiger partial charge in [-0.15, -0.1) is 0 Å². The van der Waals surface area contributed by atoms with Crippen LogP contribution in [0, 0.1) is 0 Å². The van der Waals surface area contributed by atoms with E-state index in [2.05, 4.69) is 27.3 Å². The van der Waals surface area contributed by atoms with Crippen LogP contribution in [0.5, 0.6) is 0 Å². The Kier molecular flexibility index (Phi) is 7.87. The highest BCUT2D eigenvalue weighted by molar-refractivity contribution is 5.86. The molecule has 0 saturated heterocycles. The number of ether oxygens (including phenoxy) is 1. The van der Waals surface area contributed by atoms with Crippen molar-refractivity contribution in [1.29, 1.82) is 0 Å². The van der Waals surface area contributed by atoms with Crippen LogP contribution in [0.15, 0.2) is 73.3 Å². The van der Waals surface area contributed by atoms with E-state index in [1.54, 1.807) is 20.8 Å². The lowest BCUT2D eigenvalue weighted by molar-refractivity contribution is -0.671. The standard InChI is InChI=1S/C26H32N4O3/c1-26(2,3)33-25(32)28-23(16-20-8-6-5-7-9-20)24(31)27-17-21-10-12-22(13-11-21)18-30-15-14-29(4)19-30/h5-15,19,23H,16-18H2,1-4H3,(H-,27,28,31,32)/p+1/t23-/m0/s1. The molecule has 0 spiro atoms. The number of imidazole rings is 1. The largest absolute Gasteiger partial charge is 0.444 e. The SMILES string of the molecule is C[n+]1ccn(Cc2ccc(CNC(=O)[C@H](Cc3ccccc3)NC(=O)OC(C)(C)C)cc2)c1. The molecular formula is C26H33N4O3+. The molecule has 0 fully saturated rings. The van der Waals surface area contributed by atoms with Gasteiger partial charge in [-0.2, -0.15) is 0 Å². The summed E-state index contributed by atoms with van der Waals surface area (Å²) in [7, 11) is 1.99. The second kappa shape index (κ2) is 10.8. The number of aromatic nitrogens is 2. The van der Waals surface area contributed by atoms with Crippen LogP contribution >= 0.6 is 0 Å². The van der Waals surface area contributed by atoms with E-state index in [1.165, 1.54) is 5.56 Å². The molecule has 0 unspecified atom stereocenters. The first kappa shape index (κ1) is 24.0. The first-order valence-corrected chi connectivity index (χ1v) is 11.1. The van der Waals surface area contributed by atoms with Gasteiger partial charge in [-0.05, 0) is 37.5 Å². The van der Waals surface area contributed by atoms with Gasteiger partial charge in [0.1, 0.15) is 30.6 Å². The highest BCUT2D eigenvalue weighted by Gasteiger charge is 2.24. The number of rotatable bonds is 8. The van der Waals surface area contributed by atoms with Crippen LogP contribution in [0.2, 0.25) is 0 Å². The first-order valence-electron chi connectivity index (χ1n) is 11.1. The van der Waals surface area contributed by atoms with E-state index in [0.717, 1.165) is 17.7 Å². The third-order valence-corrected chi connectivity index (χ3v) is 4.97. The minimum atomic E-state index is -0.740. The molecule has 3 rings (SSSR count). The van der Waals surface area contributed by atoms with Gasteiger partial charge >= 0.3 is 6.09 Å². The van der Waals surface area contributed by atoms with Crippen molar-refractivity contribution >= 4 is 12.0 Å². The zero-order valence-corrected chi connectivity index (χ0v) is 19.7. The van der Waals surface area contributed by atoms with Gasteiger partial charge in [0.15, 0.2) is 0 Å². The van der Waals surface area contributed by atoms with Crippen molar-refractivity contribution in [3.05, 3.63) is 90.0 Å². The average molecular weight is 450 g/mol. The molecule has 0 aliphatic rings. The second-order valence-corrected chi connectivity index (χ2v) is 9.17. The number of nitrogens with one attached hydrogen (secondary N) is 2. The molecule has 0 bridgehead atoms. The van der Waals surface area contributed by atoms with Crippen LogP contribution in [-0.2, 0) is 36.1 Å². The van der Waals surface area contributed by atoms with E-state index in [9.17, 15) is 9.59 Å². The van der Waals surface area contributed by atoms with Crippen molar-refractivity contribution in [2.45, 2.75) is 51.9 Å². The lowest BCUT2D eigenvalue weighted by Crippen LogP contribution is -2.49. The molecule has 33 heavy (non-hydrogen) atoms. The molecule has 0 aliphatic carbocycles. The molecule has 7 nitrogen and oxygen atoms in total. The Hall–Kier alpha value is -3.61. The summed E-state index contributed by atoms with van der Waals surface area (Å²) in [5.41, 5.74) is 2.48. The minimum Gasteiger partial charge on any atom is -0.444 e. The monoisotopic (exact) mass is 449 g/mol. The Morgan fingerprint density at radius 3 is 2.27 bits per heavy atom. The minimum absolute atomic E-state index is 0.256. The van der Waals surface area contributed by atoms with E-state index in [-0.39, 0.29) is 5.91 Å². The molecule has 0 saturated carbocycles. The molecule has 0 aliphatic heterocycles. The van der Waals surface area contributed by atoms with Crippen LogP contribution in [0.1, 0.15) is 37.5 Å². The van der Waals surface area contributed by atoms with E-state index in [0.29, 0.717) is 13.0 Å². The Bertz CT molecular complexity index is 1050. The number of nitrogens with zero attached hydrogens (tertiary/aromatic N) is 2. The molecule has 2 amide bonds. The van der Waals surface area contributed by atoms with Crippen molar-refractivity contribution in [1.82, 2.24) is 15.2 Å². The van der Waals surface area contributed by atoms with Crippen molar-refractivity contribution < 1.29 is 18.9 Å². The van der Waals surface area contributed by atoms with Crippen LogP contribution in [0.25, 0.3) is 0 Å². The predicted molar refractivity (Wildman–Crippen MR) is 126 cm³/mol. The molecule has 1 aromatic heterocycles. The summed E-state index contributed by atoms with van der Waals surface area (Å²) in [6.45, 7) is 6.53. The van der Waals surface area contributed by atoms with Gasteiger partial charge in [0.05, 0.1) is 7.05 Å². The highest BCUT2D eigenvalue weighted by atomic mass is 16.6. The lowest BCUT2D eigenvalue weighted by Gasteiger charge is -2.23. The molecule has 0 radical (unpaired) electrons. The maximum atomic E-state index is 12.9. The Morgan fingerprint density at radius 1 is 1.00 bits per heavy atom. The topological polar surface area (TPSA) is 76.2 Å². The highest BCUT2D eigenvalue weighted by Crippen LogP contribution is 2.10. The number of hydrogen-bond acceptors (Lipinski definition) is 3. The predicted octanol–water partition coefficient (Wildman–Crippen LogP) is 3.11. The van der Waals surface area contributed by atoms with Crippen molar-refractivity contribution in [3.63, 3.8) is 0 Å². The maximum absolute atomic E-state index is 12.9. The van der Waals surface area contributed by atoms with Gasteiger partial charge in [0, 0.05) is 13.0 Å². The van der Waals surface area contributed by atoms with E-state index >= 15 is 0 Å². The zero-order valence-electron chi connectivity index (χ0n) is 19.7.